The van der Waals surface area contributed by atoms with Crippen LogP contribution < -0.4 is 22.1 Å². The van der Waals surface area contributed by atoms with Gasteiger partial charge in [-0.2, -0.15) is 0 Å². The van der Waals surface area contributed by atoms with Gasteiger partial charge in [0.1, 0.15) is 0 Å². The van der Waals surface area contributed by atoms with Gasteiger partial charge in [-0.15, -0.1) is 0 Å². The van der Waals surface area contributed by atoms with Gasteiger partial charge < -0.3 is 36.4 Å². The summed E-state index contributed by atoms with van der Waals surface area (Å²) in [7, 11) is -2.14. The first kappa shape index (κ1) is 25.6. The molecule has 0 radical (unpaired) electrons. The van der Waals surface area contributed by atoms with Crippen molar-refractivity contribution < 1.29 is 14.3 Å². The summed E-state index contributed by atoms with van der Waals surface area (Å²) >= 11 is 9.08. The van der Waals surface area contributed by atoms with Crippen molar-refractivity contribution >= 4 is 43.3 Å². The van der Waals surface area contributed by atoms with Crippen molar-refractivity contribution in [2.45, 2.75) is 59.7 Å². The van der Waals surface area contributed by atoms with Crippen molar-refractivity contribution in [3.63, 3.8) is 0 Å². The van der Waals surface area contributed by atoms with Crippen LogP contribution in [0.2, 0.25) is 0 Å². The van der Waals surface area contributed by atoms with Gasteiger partial charge in [-0.05, 0) is 66.0 Å². The Kier molecular flexibility index (Phi) is 19.6. The minimum atomic E-state index is -2.14. The molecule has 0 heterocycles. The Morgan fingerprint density at radius 3 is 1.19 bits per heavy atom. The molecule has 7 nitrogen and oxygen atoms in total. The smallest absolute Gasteiger partial charge is 0.327 e. The number of hydrogen-bond acceptors (Lipinski definition) is 5. The molecule has 10 heteroatoms. The first-order valence-electron chi connectivity index (χ1n) is 6.35. The monoisotopic (exact) mass is 360 g/mol. The third-order valence-electron chi connectivity index (χ3n) is 1.17. The lowest BCUT2D eigenvalue weighted by atomic mass is 10.4. The molecule has 0 atom stereocenters. The molecule has 0 spiro atoms. The number of nitrogens with one attached hydrogen (secondary N) is 2. The first-order valence-corrected chi connectivity index (χ1v) is 8.33. The van der Waals surface area contributed by atoms with Crippen molar-refractivity contribution in [1.82, 2.24) is 10.6 Å². The van der Waals surface area contributed by atoms with Crippen LogP contribution in [-0.4, -0.2) is 38.2 Å². The lowest BCUT2D eigenvalue weighted by Gasteiger charge is -2.04. The van der Waals surface area contributed by atoms with E-state index in [1.54, 1.807) is 13.8 Å². The molecule has 8 N–H and O–H groups in total. The fourth-order valence-corrected chi connectivity index (χ4v) is 1.61. The molecule has 0 aromatic heterocycles. The van der Waals surface area contributed by atoms with Crippen LogP contribution >= 0.6 is 33.0 Å². The van der Waals surface area contributed by atoms with Crippen LogP contribution in [-0.2, 0) is 4.52 Å². The Hall–Kier alpha value is -0.310. The van der Waals surface area contributed by atoms with Gasteiger partial charge in [0.15, 0.2) is 10.2 Å². The molecule has 0 aromatic carbocycles. The second-order valence-corrected chi connectivity index (χ2v) is 6.33. The zero-order valence-electron chi connectivity index (χ0n) is 13.5. The summed E-state index contributed by atoms with van der Waals surface area (Å²) in [6.07, 6.45) is -0.0962. The van der Waals surface area contributed by atoms with Crippen molar-refractivity contribution in [2.75, 3.05) is 0 Å². The average molecular weight is 360 g/mol. The Balaban J connectivity index is -0.000000231. The maximum atomic E-state index is 8.12. The minimum Gasteiger partial charge on any atom is -0.376 e. The molecular formula is C11H29N4O3PS2. The molecule has 0 saturated carbocycles. The van der Waals surface area contributed by atoms with Crippen LogP contribution in [0.15, 0.2) is 0 Å². The first-order chi connectivity index (χ1) is 9.38. The molecule has 21 heavy (non-hydrogen) atoms. The predicted molar refractivity (Wildman–Crippen MR) is 97.7 cm³/mol. The summed E-state index contributed by atoms with van der Waals surface area (Å²) in [5.74, 6) is 0. The molecule has 0 saturated heterocycles. The van der Waals surface area contributed by atoms with E-state index < -0.39 is 8.60 Å². The Labute approximate surface area is 139 Å². The third kappa shape index (κ3) is 45.1. The van der Waals surface area contributed by atoms with Crippen LogP contribution in [0, 0.1) is 0 Å². The molecule has 128 valence electrons. The maximum absolute atomic E-state index is 8.12. The minimum absolute atomic E-state index is 0.0962. The molecule has 0 amide bonds. The highest BCUT2D eigenvalue weighted by molar-refractivity contribution is 7.80. The molecule has 0 aliphatic heterocycles. The largest absolute Gasteiger partial charge is 0.376 e. The molecule has 0 aromatic rings. The number of rotatable bonds is 4. The highest BCUT2D eigenvalue weighted by Crippen LogP contribution is 2.25. The van der Waals surface area contributed by atoms with Crippen LogP contribution in [0.3, 0.4) is 0 Å². The van der Waals surface area contributed by atoms with E-state index in [2.05, 4.69) is 39.6 Å². The molecule has 0 fully saturated rings. The zero-order valence-corrected chi connectivity index (χ0v) is 16.0. The zero-order chi connectivity index (χ0) is 17.6. The molecule has 0 unspecified atom stereocenters. The van der Waals surface area contributed by atoms with Crippen molar-refractivity contribution in [1.29, 1.82) is 0 Å². The fourth-order valence-electron chi connectivity index (χ4n) is 0.758. The van der Waals surface area contributed by atoms with E-state index in [1.165, 1.54) is 0 Å². The summed E-state index contributed by atoms with van der Waals surface area (Å²) < 4.78 is 4.43. The standard InChI is InChI=1S/2C4H10N2S.C3H9O3P/c2*1-3(2)6-4(5)7;1-3(2)6-7(4)5/h2*3H,1-2H3,(H3,5,6,7);3-5H,1-2H3. The lowest BCUT2D eigenvalue weighted by molar-refractivity contribution is 0.201. The molecule has 0 bridgehead atoms. The van der Waals surface area contributed by atoms with E-state index in [0.717, 1.165) is 0 Å². The quantitative estimate of drug-likeness (QED) is 0.322. The molecule has 0 aliphatic carbocycles. The van der Waals surface area contributed by atoms with Gasteiger partial charge in [0.25, 0.3) is 0 Å². The predicted octanol–water partition coefficient (Wildman–Crippen LogP) is 1.08. The maximum Gasteiger partial charge on any atom is 0.327 e. The second kappa shape index (κ2) is 16.1. The number of nitrogens with two attached hydrogens (primary N) is 2. The third-order valence-corrected chi connectivity index (χ3v) is 2.01. The fraction of sp³-hybridized carbons (Fsp3) is 0.818. The SMILES string of the molecule is CC(C)NC(N)=S.CC(C)NC(N)=S.CC(C)OP(O)O. The van der Waals surface area contributed by atoms with E-state index in [1.807, 2.05) is 27.7 Å². The summed E-state index contributed by atoms with van der Waals surface area (Å²) in [5.41, 5.74) is 10.2. The van der Waals surface area contributed by atoms with Gasteiger partial charge in [-0.3, -0.25) is 0 Å². The second-order valence-electron chi connectivity index (χ2n) is 4.73. The van der Waals surface area contributed by atoms with E-state index >= 15 is 0 Å². The van der Waals surface area contributed by atoms with Crippen LogP contribution in [0.5, 0.6) is 0 Å². The van der Waals surface area contributed by atoms with Gasteiger partial charge in [-0.1, -0.05) is 0 Å². The summed E-state index contributed by atoms with van der Waals surface area (Å²) in [4.78, 5) is 16.2. The summed E-state index contributed by atoms with van der Waals surface area (Å²) in [6.45, 7) is 11.4. The van der Waals surface area contributed by atoms with E-state index in [9.17, 15) is 0 Å². The number of thiocarbonyl (C=S) groups is 2. The van der Waals surface area contributed by atoms with Crippen LogP contribution in [0.25, 0.3) is 0 Å². The summed E-state index contributed by atoms with van der Waals surface area (Å²) in [6, 6.07) is 0.718. The molecule has 0 rings (SSSR count). The van der Waals surface area contributed by atoms with Crippen molar-refractivity contribution in [3.8, 4) is 0 Å². The van der Waals surface area contributed by atoms with Crippen molar-refractivity contribution in [2.24, 2.45) is 11.5 Å². The summed E-state index contributed by atoms with van der Waals surface area (Å²) in [5, 5.41) is 6.37. The Morgan fingerprint density at radius 1 is 0.905 bits per heavy atom. The van der Waals surface area contributed by atoms with Crippen molar-refractivity contribution in [3.05, 3.63) is 0 Å². The average Bonchev–Trinajstić information content (AvgIpc) is 2.10. The highest BCUT2D eigenvalue weighted by atomic mass is 32.1. The molecule has 0 aliphatic rings. The number of hydrogen-bond donors (Lipinski definition) is 6. The van der Waals surface area contributed by atoms with Gasteiger partial charge in [-0.25, -0.2) is 0 Å². The van der Waals surface area contributed by atoms with E-state index in [4.69, 9.17) is 21.3 Å². The van der Waals surface area contributed by atoms with Gasteiger partial charge in [0.05, 0.1) is 6.10 Å². The normalized spacial score (nSPS) is 9.71. The lowest BCUT2D eigenvalue weighted by Crippen LogP contribution is -2.34. The Bertz CT molecular complexity index is 254. The highest BCUT2D eigenvalue weighted by Gasteiger charge is 2.00. The van der Waals surface area contributed by atoms with Crippen LogP contribution in [0.1, 0.15) is 41.5 Å². The van der Waals surface area contributed by atoms with Gasteiger partial charge >= 0.3 is 8.60 Å². The Morgan fingerprint density at radius 2 is 1.19 bits per heavy atom. The van der Waals surface area contributed by atoms with Gasteiger partial charge in [0, 0.05) is 12.1 Å². The van der Waals surface area contributed by atoms with E-state index in [-0.39, 0.29) is 6.10 Å². The van der Waals surface area contributed by atoms with E-state index in [0.29, 0.717) is 22.3 Å². The molecular weight excluding hydrogens is 331 g/mol. The van der Waals surface area contributed by atoms with Crippen LogP contribution in [0.4, 0.5) is 0 Å². The van der Waals surface area contributed by atoms with Gasteiger partial charge in [0.2, 0.25) is 0 Å². The topological polar surface area (TPSA) is 126 Å².